The van der Waals surface area contributed by atoms with Crippen LogP contribution in [0.5, 0.6) is 0 Å². The first kappa shape index (κ1) is 14.9. The van der Waals surface area contributed by atoms with Gasteiger partial charge in [0.1, 0.15) is 0 Å². The van der Waals surface area contributed by atoms with Crippen LogP contribution >= 0.6 is 0 Å². The molecule has 1 saturated heterocycles. The maximum absolute atomic E-state index is 12.1. The van der Waals surface area contributed by atoms with Gasteiger partial charge >= 0.3 is 0 Å². The molecule has 0 bridgehead atoms. The molecule has 6 nitrogen and oxygen atoms in total. The van der Waals surface area contributed by atoms with Gasteiger partial charge in [-0.05, 0) is 26.3 Å². The predicted octanol–water partition coefficient (Wildman–Crippen LogP) is -0.521. The number of hydrogen-bond acceptors (Lipinski definition) is 4. The summed E-state index contributed by atoms with van der Waals surface area (Å²) in [5.74, 6) is -0.470. The van der Waals surface area contributed by atoms with Gasteiger partial charge in [-0.1, -0.05) is 0 Å². The lowest BCUT2D eigenvalue weighted by Gasteiger charge is -2.27. The number of amides is 2. The second-order valence-corrected chi connectivity index (χ2v) is 4.44. The molecule has 18 heavy (non-hydrogen) atoms. The number of nitrogens with zero attached hydrogens (tertiary/aromatic N) is 1. The molecule has 0 aliphatic carbocycles. The van der Waals surface area contributed by atoms with Crippen molar-refractivity contribution in [2.24, 2.45) is 5.73 Å². The van der Waals surface area contributed by atoms with Crippen LogP contribution in [0.2, 0.25) is 0 Å². The molecule has 0 aromatic carbocycles. The van der Waals surface area contributed by atoms with Crippen LogP contribution in [0, 0.1) is 0 Å². The third-order valence-corrected chi connectivity index (χ3v) is 3.01. The third kappa shape index (κ3) is 5.01. The highest BCUT2D eigenvalue weighted by atomic mass is 16.5. The standard InChI is InChI=1S/C12H23N3O3/c1-2-18-7-3-4-12(17)15(9-11(13)16)10-5-6-14-8-10/h10,14H,2-9H2,1H3,(H2,13,16). The third-order valence-electron chi connectivity index (χ3n) is 3.01. The Kier molecular flexibility index (Phi) is 6.67. The number of primary amides is 1. The summed E-state index contributed by atoms with van der Waals surface area (Å²) in [7, 11) is 0. The van der Waals surface area contributed by atoms with E-state index in [0.717, 1.165) is 19.5 Å². The number of carbonyl (C=O) groups excluding carboxylic acids is 2. The SMILES string of the molecule is CCOCCCC(=O)N(CC(N)=O)C1CCNC1. The van der Waals surface area contributed by atoms with Crippen molar-refractivity contribution in [2.45, 2.75) is 32.2 Å². The van der Waals surface area contributed by atoms with Crippen molar-refractivity contribution in [2.75, 3.05) is 32.8 Å². The molecule has 0 spiro atoms. The highest BCUT2D eigenvalue weighted by Crippen LogP contribution is 2.10. The molecule has 1 fully saturated rings. The van der Waals surface area contributed by atoms with Gasteiger partial charge < -0.3 is 20.7 Å². The van der Waals surface area contributed by atoms with Crippen molar-refractivity contribution in [1.82, 2.24) is 10.2 Å². The van der Waals surface area contributed by atoms with E-state index in [0.29, 0.717) is 26.1 Å². The zero-order valence-electron chi connectivity index (χ0n) is 11.0. The average molecular weight is 257 g/mol. The Hall–Kier alpha value is -1.14. The van der Waals surface area contributed by atoms with E-state index in [-0.39, 0.29) is 18.5 Å². The molecule has 0 aromatic heterocycles. The number of carbonyl (C=O) groups is 2. The van der Waals surface area contributed by atoms with Gasteiger partial charge in [-0.2, -0.15) is 0 Å². The fraction of sp³-hybridized carbons (Fsp3) is 0.833. The minimum Gasteiger partial charge on any atom is -0.382 e. The van der Waals surface area contributed by atoms with Crippen LogP contribution in [0.1, 0.15) is 26.2 Å². The van der Waals surface area contributed by atoms with E-state index in [2.05, 4.69) is 5.32 Å². The molecular formula is C12H23N3O3. The molecule has 6 heteroatoms. The lowest BCUT2D eigenvalue weighted by molar-refractivity contribution is -0.137. The Morgan fingerprint density at radius 2 is 2.28 bits per heavy atom. The van der Waals surface area contributed by atoms with Gasteiger partial charge in [0.15, 0.2) is 0 Å². The molecular weight excluding hydrogens is 234 g/mol. The molecule has 1 aliphatic rings. The smallest absolute Gasteiger partial charge is 0.237 e. The van der Waals surface area contributed by atoms with E-state index in [4.69, 9.17) is 10.5 Å². The van der Waals surface area contributed by atoms with Gasteiger partial charge in [-0.15, -0.1) is 0 Å². The van der Waals surface area contributed by atoms with Gasteiger partial charge in [0.25, 0.3) is 0 Å². The molecule has 1 atom stereocenters. The van der Waals surface area contributed by atoms with Crippen LogP contribution in [0.3, 0.4) is 0 Å². The van der Waals surface area contributed by atoms with Gasteiger partial charge in [0.2, 0.25) is 11.8 Å². The van der Waals surface area contributed by atoms with E-state index >= 15 is 0 Å². The van der Waals surface area contributed by atoms with Crippen molar-refractivity contribution in [1.29, 1.82) is 0 Å². The lowest BCUT2D eigenvalue weighted by Crippen LogP contribution is -2.46. The van der Waals surface area contributed by atoms with E-state index < -0.39 is 5.91 Å². The zero-order valence-corrected chi connectivity index (χ0v) is 11.0. The van der Waals surface area contributed by atoms with E-state index in [9.17, 15) is 9.59 Å². The summed E-state index contributed by atoms with van der Waals surface area (Å²) >= 11 is 0. The first-order valence-electron chi connectivity index (χ1n) is 6.51. The fourth-order valence-corrected chi connectivity index (χ4v) is 2.11. The van der Waals surface area contributed by atoms with E-state index in [1.165, 1.54) is 0 Å². The molecule has 0 radical (unpaired) electrons. The maximum Gasteiger partial charge on any atom is 0.237 e. The van der Waals surface area contributed by atoms with Gasteiger partial charge in [0.05, 0.1) is 6.54 Å². The molecule has 0 saturated carbocycles. The minimum absolute atomic E-state index is 0.0118. The summed E-state index contributed by atoms with van der Waals surface area (Å²) in [5, 5.41) is 3.19. The highest BCUT2D eigenvalue weighted by Gasteiger charge is 2.27. The summed E-state index contributed by atoms with van der Waals surface area (Å²) in [6, 6.07) is 0.0945. The topological polar surface area (TPSA) is 84.7 Å². The number of nitrogens with one attached hydrogen (secondary N) is 1. The van der Waals surface area contributed by atoms with Crippen LogP contribution < -0.4 is 11.1 Å². The van der Waals surface area contributed by atoms with Crippen LogP contribution in [0.25, 0.3) is 0 Å². The average Bonchev–Trinajstić information content (AvgIpc) is 2.84. The Bertz CT molecular complexity index is 278. The van der Waals surface area contributed by atoms with Crippen LogP contribution in [-0.4, -0.2) is 55.6 Å². The minimum atomic E-state index is -0.458. The zero-order chi connectivity index (χ0) is 13.4. The summed E-state index contributed by atoms with van der Waals surface area (Å²) < 4.78 is 5.20. The molecule has 3 N–H and O–H groups in total. The molecule has 1 rings (SSSR count). The summed E-state index contributed by atoms with van der Waals surface area (Å²) in [4.78, 5) is 24.7. The first-order chi connectivity index (χ1) is 8.65. The van der Waals surface area contributed by atoms with E-state index in [1.807, 2.05) is 6.92 Å². The van der Waals surface area contributed by atoms with Crippen LogP contribution in [0.4, 0.5) is 0 Å². The Morgan fingerprint density at radius 3 is 2.83 bits per heavy atom. The van der Waals surface area contributed by atoms with E-state index in [1.54, 1.807) is 4.90 Å². The largest absolute Gasteiger partial charge is 0.382 e. The molecule has 1 aliphatic heterocycles. The molecule has 2 amide bonds. The molecule has 104 valence electrons. The molecule has 1 unspecified atom stereocenters. The summed E-state index contributed by atoms with van der Waals surface area (Å²) in [5.41, 5.74) is 5.20. The van der Waals surface area contributed by atoms with Crippen LogP contribution in [-0.2, 0) is 14.3 Å². The monoisotopic (exact) mass is 257 g/mol. The fourth-order valence-electron chi connectivity index (χ4n) is 2.11. The number of nitrogens with two attached hydrogens (primary N) is 1. The highest BCUT2D eigenvalue weighted by molar-refractivity contribution is 5.84. The summed E-state index contributed by atoms with van der Waals surface area (Å²) in [6.45, 7) is 4.79. The van der Waals surface area contributed by atoms with Crippen LogP contribution in [0.15, 0.2) is 0 Å². The predicted molar refractivity (Wildman–Crippen MR) is 67.9 cm³/mol. The Balaban J connectivity index is 2.42. The van der Waals surface area contributed by atoms with Crippen molar-refractivity contribution >= 4 is 11.8 Å². The normalized spacial score (nSPS) is 18.8. The maximum atomic E-state index is 12.1. The number of rotatable bonds is 8. The van der Waals surface area contributed by atoms with Crippen molar-refractivity contribution in [3.8, 4) is 0 Å². The van der Waals surface area contributed by atoms with Crippen molar-refractivity contribution in [3.63, 3.8) is 0 Å². The quantitative estimate of drug-likeness (QED) is 0.573. The second-order valence-electron chi connectivity index (χ2n) is 4.44. The van der Waals surface area contributed by atoms with Gasteiger partial charge in [-0.3, -0.25) is 9.59 Å². The first-order valence-corrected chi connectivity index (χ1v) is 6.51. The Morgan fingerprint density at radius 1 is 1.50 bits per heavy atom. The van der Waals surface area contributed by atoms with Gasteiger partial charge in [-0.25, -0.2) is 0 Å². The van der Waals surface area contributed by atoms with Gasteiger partial charge in [0, 0.05) is 32.2 Å². The second kappa shape index (κ2) is 8.05. The molecule has 1 heterocycles. The van der Waals surface area contributed by atoms with Crippen molar-refractivity contribution in [3.05, 3.63) is 0 Å². The summed E-state index contributed by atoms with van der Waals surface area (Å²) in [6.07, 6.45) is 1.97. The molecule has 0 aromatic rings. The Labute approximate surface area is 108 Å². The van der Waals surface area contributed by atoms with Crippen molar-refractivity contribution < 1.29 is 14.3 Å². The lowest BCUT2D eigenvalue weighted by atomic mass is 10.2. The number of hydrogen-bond donors (Lipinski definition) is 2. The number of ether oxygens (including phenoxy) is 1.